The number of hydrogen-bond donors (Lipinski definition) is 2. The molecule has 3 N–H and O–H groups in total. The average molecular weight is 428 g/mol. The predicted molar refractivity (Wildman–Crippen MR) is 114 cm³/mol. The number of nitrogens with zero attached hydrogens (tertiary/aromatic N) is 2. The lowest BCUT2D eigenvalue weighted by atomic mass is 9.54. The van der Waals surface area contributed by atoms with Gasteiger partial charge in [-0.2, -0.15) is 0 Å². The SMILES string of the molecule is CCOC1CC(N)(C(=O)N(C)CC2CCN(CC(C)O)CC2)C1(C)C.Cl.Cl. The first-order valence-corrected chi connectivity index (χ1v) is 9.68. The Hall–Kier alpha value is -0.110. The molecule has 1 aliphatic carbocycles. The molecule has 1 heterocycles. The van der Waals surface area contributed by atoms with Gasteiger partial charge in [-0.25, -0.2) is 0 Å². The number of piperidine rings is 1. The van der Waals surface area contributed by atoms with Gasteiger partial charge in [-0.1, -0.05) is 13.8 Å². The number of hydrogen-bond acceptors (Lipinski definition) is 5. The Morgan fingerprint density at radius 1 is 1.33 bits per heavy atom. The number of carbonyl (C=O) groups is 1. The number of likely N-dealkylation sites (N-methyl/N-ethyl adjacent to an activating group) is 1. The second-order valence-electron chi connectivity index (χ2n) is 8.62. The summed E-state index contributed by atoms with van der Waals surface area (Å²) in [4.78, 5) is 17.1. The van der Waals surface area contributed by atoms with E-state index in [1.54, 1.807) is 0 Å². The van der Waals surface area contributed by atoms with Crippen molar-refractivity contribution in [3.63, 3.8) is 0 Å². The lowest BCUT2D eigenvalue weighted by molar-refractivity contribution is -0.178. The number of ether oxygens (including phenoxy) is 1. The first kappa shape index (κ1) is 26.9. The van der Waals surface area contributed by atoms with Gasteiger partial charge >= 0.3 is 0 Å². The highest BCUT2D eigenvalue weighted by Crippen LogP contribution is 2.50. The third-order valence-electron chi connectivity index (χ3n) is 6.32. The van der Waals surface area contributed by atoms with E-state index in [-0.39, 0.29) is 48.3 Å². The van der Waals surface area contributed by atoms with Crippen molar-refractivity contribution in [2.24, 2.45) is 17.1 Å². The zero-order valence-electron chi connectivity index (χ0n) is 17.4. The molecular weight excluding hydrogens is 389 g/mol. The molecule has 0 radical (unpaired) electrons. The van der Waals surface area contributed by atoms with E-state index in [9.17, 15) is 9.90 Å². The van der Waals surface area contributed by atoms with Crippen LogP contribution in [0.25, 0.3) is 0 Å². The van der Waals surface area contributed by atoms with Crippen LogP contribution in [0.5, 0.6) is 0 Å². The number of likely N-dealkylation sites (tertiary alicyclic amines) is 1. The minimum atomic E-state index is -0.825. The molecule has 3 unspecified atom stereocenters. The lowest BCUT2D eigenvalue weighted by Crippen LogP contribution is -2.75. The summed E-state index contributed by atoms with van der Waals surface area (Å²) in [5, 5.41) is 9.50. The summed E-state index contributed by atoms with van der Waals surface area (Å²) >= 11 is 0. The van der Waals surface area contributed by atoms with E-state index in [0.717, 1.165) is 39.0 Å². The van der Waals surface area contributed by atoms with E-state index >= 15 is 0 Å². The number of aliphatic hydroxyl groups is 1. The molecule has 162 valence electrons. The summed E-state index contributed by atoms with van der Waals surface area (Å²) in [5.41, 5.74) is 5.36. The van der Waals surface area contributed by atoms with Crippen LogP contribution in [0.15, 0.2) is 0 Å². The van der Waals surface area contributed by atoms with Crippen LogP contribution in [-0.4, -0.2) is 78.4 Å². The third kappa shape index (κ3) is 5.71. The number of β-amino-alcohol motifs (C(OH)–C–C–N with tert-alkyl or cyclic N) is 1. The van der Waals surface area contributed by atoms with Crippen LogP contribution in [0.4, 0.5) is 0 Å². The van der Waals surface area contributed by atoms with Gasteiger partial charge in [-0.05, 0) is 45.7 Å². The molecule has 27 heavy (non-hydrogen) atoms. The lowest BCUT2D eigenvalue weighted by Gasteiger charge is -2.58. The highest BCUT2D eigenvalue weighted by Gasteiger charge is 2.63. The Kier molecular flexibility index (Phi) is 10.6. The molecule has 0 aromatic rings. The number of carbonyl (C=O) groups excluding carboxylic acids is 1. The van der Waals surface area contributed by atoms with E-state index in [2.05, 4.69) is 4.90 Å². The Labute approximate surface area is 177 Å². The molecule has 6 nitrogen and oxygen atoms in total. The number of halogens is 2. The summed E-state index contributed by atoms with van der Waals surface area (Å²) in [5.74, 6) is 0.550. The summed E-state index contributed by atoms with van der Waals surface area (Å²) < 4.78 is 5.74. The molecule has 0 aromatic carbocycles. The fourth-order valence-corrected chi connectivity index (χ4v) is 4.33. The van der Waals surface area contributed by atoms with Crippen LogP contribution in [0, 0.1) is 11.3 Å². The van der Waals surface area contributed by atoms with Gasteiger partial charge in [-0.3, -0.25) is 4.79 Å². The molecule has 1 saturated heterocycles. The predicted octanol–water partition coefficient (Wildman–Crippen LogP) is 1.91. The molecule has 1 saturated carbocycles. The highest BCUT2D eigenvalue weighted by atomic mass is 35.5. The van der Waals surface area contributed by atoms with Crippen molar-refractivity contribution in [2.45, 2.75) is 64.7 Å². The second-order valence-corrected chi connectivity index (χ2v) is 8.62. The van der Waals surface area contributed by atoms with Crippen molar-refractivity contribution in [3.05, 3.63) is 0 Å². The van der Waals surface area contributed by atoms with Gasteiger partial charge in [0.2, 0.25) is 5.91 Å². The molecule has 1 aliphatic heterocycles. The summed E-state index contributed by atoms with van der Waals surface area (Å²) in [6, 6.07) is 0. The molecule has 1 amide bonds. The van der Waals surface area contributed by atoms with Gasteiger partial charge in [-0.15, -0.1) is 24.8 Å². The Morgan fingerprint density at radius 3 is 2.33 bits per heavy atom. The van der Waals surface area contributed by atoms with Gasteiger partial charge in [0, 0.05) is 38.6 Å². The number of nitrogens with two attached hydrogens (primary N) is 1. The highest BCUT2D eigenvalue weighted by molar-refractivity contribution is 5.88. The maximum absolute atomic E-state index is 13.0. The topological polar surface area (TPSA) is 79.0 Å². The van der Waals surface area contributed by atoms with Gasteiger partial charge in [0.25, 0.3) is 0 Å². The van der Waals surface area contributed by atoms with Crippen LogP contribution in [0.3, 0.4) is 0 Å². The molecule has 2 fully saturated rings. The normalized spacial score (nSPS) is 29.1. The van der Waals surface area contributed by atoms with Crippen molar-refractivity contribution in [1.29, 1.82) is 0 Å². The van der Waals surface area contributed by atoms with Crippen LogP contribution in [0.2, 0.25) is 0 Å². The van der Waals surface area contributed by atoms with Crippen LogP contribution in [-0.2, 0) is 9.53 Å². The molecule has 0 spiro atoms. The maximum atomic E-state index is 13.0. The molecule has 8 heteroatoms. The van der Waals surface area contributed by atoms with Crippen LogP contribution < -0.4 is 5.73 Å². The van der Waals surface area contributed by atoms with Crippen molar-refractivity contribution in [1.82, 2.24) is 9.80 Å². The molecule has 3 atom stereocenters. The first-order chi connectivity index (χ1) is 11.6. The van der Waals surface area contributed by atoms with Gasteiger partial charge < -0.3 is 25.4 Å². The fraction of sp³-hybridized carbons (Fsp3) is 0.947. The summed E-state index contributed by atoms with van der Waals surface area (Å²) in [6.45, 7) is 12.0. The zero-order chi connectivity index (χ0) is 18.8. The van der Waals surface area contributed by atoms with Crippen molar-refractivity contribution in [2.75, 3.05) is 39.8 Å². The second kappa shape index (κ2) is 10.6. The molecule has 2 rings (SSSR count). The van der Waals surface area contributed by atoms with Gasteiger partial charge in [0.15, 0.2) is 0 Å². The third-order valence-corrected chi connectivity index (χ3v) is 6.32. The maximum Gasteiger partial charge on any atom is 0.243 e. The average Bonchev–Trinajstić information content (AvgIpc) is 2.55. The minimum Gasteiger partial charge on any atom is -0.392 e. The number of rotatable bonds is 7. The number of amides is 1. The monoisotopic (exact) mass is 427 g/mol. The van der Waals surface area contributed by atoms with E-state index in [1.807, 2.05) is 39.6 Å². The smallest absolute Gasteiger partial charge is 0.243 e. The van der Waals surface area contributed by atoms with Crippen molar-refractivity contribution in [3.8, 4) is 0 Å². The van der Waals surface area contributed by atoms with Gasteiger partial charge in [0.05, 0.1) is 12.2 Å². The van der Waals surface area contributed by atoms with E-state index < -0.39 is 5.54 Å². The summed E-state index contributed by atoms with van der Waals surface area (Å²) in [6.07, 6.45) is 2.50. The minimum absolute atomic E-state index is 0. The largest absolute Gasteiger partial charge is 0.392 e. The van der Waals surface area contributed by atoms with Crippen LogP contribution >= 0.6 is 24.8 Å². The molecule has 0 aromatic heterocycles. The Morgan fingerprint density at radius 2 is 1.89 bits per heavy atom. The molecular formula is C19H39Cl2N3O3. The fourth-order valence-electron chi connectivity index (χ4n) is 4.33. The van der Waals surface area contributed by atoms with E-state index in [0.29, 0.717) is 18.9 Å². The number of aliphatic hydroxyl groups excluding tert-OH is 1. The van der Waals surface area contributed by atoms with E-state index in [4.69, 9.17) is 10.5 Å². The van der Waals surface area contributed by atoms with Gasteiger partial charge in [0.1, 0.15) is 5.54 Å². The Bertz CT molecular complexity index is 471. The first-order valence-electron chi connectivity index (χ1n) is 9.68. The molecule has 2 aliphatic rings. The standard InChI is InChI=1S/C19H37N3O3.2ClH/c1-6-25-16-11-19(20,18(16,3)4)17(24)21(5)13-15-7-9-22(10-8-15)12-14(2)23;;/h14-16,23H,6-13,20H2,1-5H3;2*1H. The Balaban J connectivity index is 0.00000338. The van der Waals surface area contributed by atoms with Crippen molar-refractivity contribution >= 4 is 30.7 Å². The zero-order valence-corrected chi connectivity index (χ0v) is 19.1. The van der Waals surface area contributed by atoms with E-state index in [1.165, 1.54) is 0 Å². The summed E-state index contributed by atoms with van der Waals surface area (Å²) in [7, 11) is 1.88. The quantitative estimate of drug-likeness (QED) is 0.648. The van der Waals surface area contributed by atoms with Crippen molar-refractivity contribution < 1.29 is 14.6 Å². The molecule has 0 bridgehead atoms. The van der Waals surface area contributed by atoms with Crippen LogP contribution in [0.1, 0.15) is 47.0 Å².